The number of aromatic nitrogens is 2. The maximum atomic E-state index is 5.78. The molecule has 0 spiro atoms. The van der Waals surface area contributed by atoms with Gasteiger partial charge in [-0.05, 0) is 73.9 Å². The molecule has 3 aromatic rings. The molecule has 5 heteroatoms. The SMILES string of the molecule is CCc1ccc(N2C(=S)N[C@@H](c3ccccn3)[C@H]2c2ccn(C(C)C)c2)cc1. The summed E-state index contributed by atoms with van der Waals surface area (Å²) in [5.74, 6) is 0. The van der Waals surface area contributed by atoms with Gasteiger partial charge in [0.1, 0.15) is 0 Å². The molecule has 144 valence electrons. The Labute approximate surface area is 172 Å². The van der Waals surface area contributed by atoms with Crippen LogP contribution in [0.2, 0.25) is 0 Å². The van der Waals surface area contributed by atoms with Gasteiger partial charge < -0.3 is 14.8 Å². The molecule has 1 fully saturated rings. The van der Waals surface area contributed by atoms with E-state index in [0.29, 0.717) is 6.04 Å². The van der Waals surface area contributed by atoms with Gasteiger partial charge >= 0.3 is 0 Å². The lowest BCUT2D eigenvalue weighted by Crippen LogP contribution is -2.29. The number of anilines is 1. The summed E-state index contributed by atoms with van der Waals surface area (Å²) in [6.07, 6.45) is 7.25. The van der Waals surface area contributed by atoms with Crippen LogP contribution in [0.1, 0.15) is 55.7 Å². The van der Waals surface area contributed by atoms with Crippen LogP contribution in [0.15, 0.2) is 67.1 Å². The van der Waals surface area contributed by atoms with E-state index < -0.39 is 0 Å². The van der Waals surface area contributed by atoms with Crippen molar-refractivity contribution in [1.82, 2.24) is 14.9 Å². The molecule has 1 saturated heterocycles. The molecule has 4 rings (SSSR count). The average molecular weight is 391 g/mol. The average Bonchev–Trinajstić information content (AvgIpc) is 3.33. The number of nitrogens with one attached hydrogen (secondary N) is 1. The van der Waals surface area contributed by atoms with E-state index >= 15 is 0 Å². The number of nitrogens with zero attached hydrogens (tertiary/aromatic N) is 3. The lowest BCUT2D eigenvalue weighted by molar-refractivity contribution is 0.560. The number of pyridine rings is 1. The molecule has 3 heterocycles. The van der Waals surface area contributed by atoms with E-state index in [1.165, 1.54) is 11.1 Å². The molecule has 1 aliphatic rings. The Bertz CT molecular complexity index is 946. The highest BCUT2D eigenvalue weighted by Gasteiger charge is 2.41. The second-order valence-corrected chi connectivity index (χ2v) is 7.89. The summed E-state index contributed by atoms with van der Waals surface area (Å²) in [7, 11) is 0. The smallest absolute Gasteiger partial charge is 0.174 e. The summed E-state index contributed by atoms with van der Waals surface area (Å²) >= 11 is 5.78. The predicted molar refractivity (Wildman–Crippen MR) is 119 cm³/mol. The van der Waals surface area contributed by atoms with Crippen LogP contribution in [0.4, 0.5) is 5.69 Å². The summed E-state index contributed by atoms with van der Waals surface area (Å²) in [5, 5.41) is 4.26. The second-order valence-electron chi connectivity index (χ2n) is 7.50. The van der Waals surface area contributed by atoms with Gasteiger partial charge in [-0.1, -0.05) is 25.1 Å². The summed E-state index contributed by atoms with van der Waals surface area (Å²) < 4.78 is 2.24. The van der Waals surface area contributed by atoms with Crippen molar-refractivity contribution in [2.45, 2.75) is 45.3 Å². The van der Waals surface area contributed by atoms with Gasteiger partial charge in [0.05, 0.1) is 17.8 Å². The third-order valence-electron chi connectivity index (χ3n) is 5.40. The van der Waals surface area contributed by atoms with Crippen molar-refractivity contribution in [3.05, 3.63) is 83.9 Å². The molecule has 2 aromatic heterocycles. The molecule has 0 amide bonds. The molecule has 0 unspecified atom stereocenters. The first-order valence-corrected chi connectivity index (χ1v) is 10.3. The molecule has 1 N–H and O–H groups in total. The third kappa shape index (κ3) is 3.42. The number of hydrogen-bond acceptors (Lipinski definition) is 2. The van der Waals surface area contributed by atoms with Crippen LogP contribution >= 0.6 is 12.2 Å². The van der Waals surface area contributed by atoms with Crippen LogP contribution in [0, 0.1) is 0 Å². The Morgan fingerprint density at radius 2 is 1.89 bits per heavy atom. The zero-order valence-corrected chi connectivity index (χ0v) is 17.4. The molecule has 4 nitrogen and oxygen atoms in total. The second kappa shape index (κ2) is 7.76. The van der Waals surface area contributed by atoms with Gasteiger partial charge in [-0.2, -0.15) is 0 Å². The monoisotopic (exact) mass is 390 g/mol. The minimum Gasteiger partial charge on any atom is -0.351 e. The lowest BCUT2D eigenvalue weighted by atomic mass is 9.98. The van der Waals surface area contributed by atoms with Gasteiger partial charge in [-0.25, -0.2) is 0 Å². The molecular weight excluding hydrogens is 364 g/mol. The van der Waals surface area contributed by atoms with Gasteiger partial charge in [-0.3, -0.25) is 4.98 Å². The van der Waals surface area contributed by atoms with Gasteiger partial charge in [0.25, 0.3) is 0 Å². The molecule has 0 saturated carbocycles. The topological polar surface area (TPSA) is 33.1 Å². The van der Waals surface area contributed by atoms with E-state index in [0.717, 1.165) is 22.9 Å². The first-order valence-electron chi connectivity index (χ1n) is 9.85. The highest BCUT2D eigenvalue weighted by atomic mass is 32.1. The fourth-order valence-corrected chi connectivity index (χ4v) is 4.14. The summed E-state index contributed by atoms with van der Waals surface area (Å²) in [6, 6.07) is 17.4. The molecule has 1 aliphatic heterocycles. The number of thiocarbonyl (C=S) groups is 1. The van der Waals surface area contributed by atoms with Crippen molar-refractivity contribution in [2.75, 3.05) is 4.90 Å². The van der Waals surface area contributed by atoms with Crippen LogP contribution in [-0.4, -0.2) is 14.7 Å². The van der Waals surface area contributed by atoms with Crippen molar-refractivity contribution in [3.8, 4) is 0 Å². The van der Waals surface area contributed by atoms with Gasteiger partial charge in [-0.15, -0.1) is 0 Å². The Morgan fingerprint density at radius 3 is 2.50 bits per heavy atom. The van der Waals surface area contributed by atoms with E-state index in [-0.39, 0.29) is 12.1 Å². The Balaban J connectivity index is 1.79. The van der Waals surface area contributed by atoms with Crippen molar-refractivity contribution in [1.29, 1.82) is 0 Å². The lowest BCUT2D eigenvalue weighted by Gasteiger charge is -2.27. The zero-order valence-electron chi connectivity index (χ0n) is 16.5. The Kier molecular flexibility index (Phi) is 5.18. The normalized spacial score (nSPS) is 19.3. The largest absolute Gasteiger partial charge is 0.351 e. The van der Waals surface area contributed by atoms with Crippen LogP contribution < -0.4 is 10.2 Å². The highest BCUT2D eigenvalue weighted by Crippen LogP contribution is 2.41. The van der Waals surface area contributed by atoms with Gasteiger partial charge in [0.2, 0.25) is 0 Å². The standard InChI is InChI=1S/C23H26N4S/c1-4-17-8-10-19(11-9-17)27-22(18-12-14-26(15-18)16(2)3)21(25-23(27)28)20-7-5-6-13-24-20/h5-16,21-22H,4H2,1-3H3,(H,25,28)/t21-,22+/m0/s1. The Hall–Kier alpha value is -2.66. The van der Waals surface area contributed by atoms with Crippen LogP contribution in [0.3, 0.4) is 0 Å². The minimum atomic E-state index is 0.00237. The number of rotatable bonds is 5. The van der Waals surface area contributed by atoms with Crippen LogP contribution in [0.5, 0.6) is 0 Å². The molecule has 0 bridgehead atoms. The van der Waals surface area contributed by atoms with Crippen molar-refractivity contribution < 1.29 is 0 Å². The van der Waals surface area contributed by atoms with E-state index in [1.807, 2.05) is 18.3 Å². The molecule has 0 radical (unpaired) electrons. The summed E-state index contributed by atoms with van der Waals surface area (Å²) in [6.45, 7) is 6.56. The van der Waals surface area contributed by atoms with E-state index in [1.54, 1.807) is 0 Å². The molecule has 28 heavy (non-hydrogen) atoms. The molecule has 1 aromatic carbocycles. The number of hydrogen-bond donors (Lipinski definition) is 1. The number of benzene rings is 1. The predicted octanol–water partition coefficient (Wildman–Crippen LogP) is 5.20. The first kappa shape index (κ1) is 18.7. The van der Waals surface area contributed by atoms with E-state index in [9.17, 15) is 0 Å². The van der Waals surface area contributed by atoms with Gasteiger partial charge in [0, 0.05) is 30.3 Å². The minimum absolute atomic E-state index is 0.00237. The number of aryl methyl sites for hydroxylation is 1. The zero-order chi connectivity index (χ0) is 19.7. The highest BCUT2D eigenvalue weighted by molar-refractivity contribution is 7.80. The fourth-order valence-electron chi connectivity index (χ4n) is 3.79. The van der Waals surface area contributed by atoms with E-state index in [4.69, 9.17) is 12.2 Å². The van der Waals surface area contributed by atoms with Crippen LogP contribution in [0.25, 0.3) is 0 Å². The van der Waals surface area contributed by atoms with Crippen molar-refractivity contribution in [2.24, 2.45) is 0 Å². The van der Waals surface area contributed by atoms with Crippen LogP contribution in [-0.2, 0) is 6.42 Å². The fraction of sp³-hybridized carbons (Fsp3) is 0.304. The maximum Gasteiger partial charge on any atom is 0.174 e. The molecular formula is C23H26N4S. The third-order valence-corrected chi connectivity index (χ3v) is 5.71. The summed E-state index contributed by atoms with van der Waals surface area (Å²) in [5.41, 5.74) is 4.66. The quantitative estimate of drug-likeness (QED) is 0.607. The molecule has 0 aliphatic carbocycles. The summed E-state index contributed by atoms with van der Waals surface area (Å²) in [4.78, 5) is 6.84. The maximum absolute atomic E-state index is 5.78. The van der Waals surface area contributed by atoms with Crippen molar-refractivity contribution in [3.63, 3.8) is 0 Å². The van der Waals surface area contributed by atoms with Gasteiger partial charge in [0.15, 0.2) is 5.11 Å². The molecule has 2 atom stereocenters. The van der Waals surface area contributed by atoms with E-state index in [2.05, 4.69) is 89.3 Å². The Morgan fingerprint density at radius 1 is 1.11 bits per heavy atom. The first-order chi connectivity index (χ1) is 13.6. The van der Waals surface area contributed by atoms with Crippen molar-refractivity contribution >= 4 is 23.0 Å².